The van der Waals surface area contributed by atoms with Gasteiger partial charge in [-0.15, -0.1) is 0 Å². The van der Waals surface area contributed by atoms with Crippen LogP contribution in [-0.2, 0) is 6.54 Å². The molecule has 7 nitrogen and oxygen atoms in total. The van der Waals surface area contributed by atoms with Crippen molar-refractivity contribution in [1.82, 2.24) is 29.3 Å². The number of imidazole rings is 1. The van der Waals surface area contributed by atoms with Crippen LogP contribution < -0.4 is 0 Å². The molecule has 1 fully saturated rings. The summed E-state index contributed by atoms with van der Waals surface area (Å²) < 4.78 is 7.38. The van der Waals surface area contributed by atoms with Crippen molar-refractivity contribution in [3.8, 4) is 0 Å². The number of hydrogen-bond donors (Lipinski definition) is 0. The molecule has 1 saturated heterocycles. The molecule has 24 heavy (non-hydrogen) atoms. The smallest absolute Gasteiger partial charge is 0.243 e. The van der Waals surface area contributed by atoms with Gasteiger partial charge in [-0.25, -0.2) is 4.98 Å². The fourth-order valence-electron chi connectivity index (χ4n) is 3.24. The minimum atomic E-state index is 0.170. The van der Waals surface area contributed by atoms with Gasteiger partial charge < -0.3 is 8.92 Å². The number of aromatic nitrogens is 4. The van der Waals surface area contributed by atoms with Gasteiger partial charge in [-0.05, 0) is 26.0 Å². The van der Waals surface area contributed by atoms with E-state index < -0.39 is 0 Å². The maximum atomic E-state index is 5.31. The molecule has 1 atom stereocenters. The zero-order chi connectivity index (χ0) is 16.5. The summed E-state index contributed by atoms with van der Waals surface area (Å²) in [5.41, 5.74) is 2.13. The van der Waals surface area contributed by atoms with Crippen molar-refractivity contribution in [1.29, 1.82) is 0 Å². The fraction of sp³-hybridized carbons (Fsp3) is 0.471. The van der Waals surface area contributed by atoms with E-state index in [1.807, 2.05) is 31.3 Å². The van der Waals surface area contributed by atoms with Crippen molar-refractivity contribution in [2.75, 3.05) is 26.2 Å². The second-order valence-corrected chi connectivity index (χ2v) is 6.37. The molecule has 0 amide bonds. The molecule has 0 unspecified atom stereocenters. The summed E-state index contributed by atoms with van der Waals surface area (Å²) in [6.45, 7) is 8.91. The van der Waals surface area contributed by atoms with Crippen LogP contribution in [0.4, 0.5) is 0 Å². The number of aryl methyl sites for hydroxylation is 1. The summed E-state index contributed by atoms with van der Waals surface area (Å²) in [5.74, 6) is 1.41. The van der Waals surface area contributed by atoms with Gasteiger partial charge in [0.1, 0.15) is 5.65 Å². The van der Waals surface area contributed by atoms with E-state index in [-0.39, 0.29) is 6.04 Å². The molecule has 7 heteroatoms. The predicted molar refractivity (Wildman–Crippen MR) is 89.5 cm³/mol. The highest BCUT2D eigenvalue weighted by Crippen LogP contribution is 2.20. The molecule has 0 saturated carbocycles. The molecule has 3 aromatic heterocycles. The van der Waals surface area contributed by atoms with Gasteiger partial charge in [-0.2, -0.15) is 4.98 Å². The van der Waals surface area contributed by atoms with Gasteiger partial charge in [0.15, 0.2) is 5.82 Å². The number of piperazine rings is 1. The van der Waals surface area contributed by atoms with E-state index in [0.717, 1.165) is 44.1 Å². The molecule has 0 N–H and O–H groups in total. The zero-order valence-corrected chi connectivity index (χ0v) is 14.1. The minimum Gasteiger partial charge on any atom is -0.338 e. The largest absolute Gasteiger partial charge is 0.338 e. The molecule has 3 aromatic rings. The van der Waals surface area contributed by atoms with Crippen molar-refractivity contribution in [2.45, 2.75) is 26.4 Å². The van der Waals surface area contributed by atoms with E-state index >= 15 is 0 Å². The van der Waals surface area contributed by atoms with E-state index in [1.54, 1.807) is 0 Å². The Morgan fingerprint density at radius 1 is 1.17 bits per heavy atom. The second kappa shape index (κ2) is 6.33. The average molecular weight is 326 g/mol. The topological polar surface area (TPSA) is 62.7 Å². The Balaban J connectivity index is 1.35. The first-order chi connectivity index (χ1) is 11.7. The summed E-state index contributed by atoms with van der Waals surface area (Å²) in [6, 6.07) is 6.25. The number of nitrogens with zero attached hydrogens (tertiary/aromatic N) is 6. The van der Waals surface area contributed by atoms with Gasteiger partial charge in [0.25, 0.3) is 0 Å². The van der Waals surface area contributed by atoms with Crippen LogP contribution in [0.2, 0.25) is 0 Å². The van der Waals surface area contributed by atoms with E-state index in [9.17, 15) is 0 Å². The highest BCUT2D eigenvalue weighted by Gasteiger charge is 2.25. The quantitative estimate of drug-likeness (QED) is 0.730. The first kappa shape index (κ1) is 15.3. The summed E-state index contributed by atoms with van der Waals surface area (Å²) in [4.78, 5) is 13.9. The lowest BCUT2D eigenvalue weighted by atomic mass is 10.2. The number of pyridine rings is 1. The Hall–Kier alpha value is -2.25. The molecule has 0 aliphatic carbocycles. The standard InChI is InChI=1S/C17H22N6O/c1-13(17-18-14(2)20-24-17)22-9-7-21(8-10-22)11-15-12-23-6-4-3-5-16(23)19-15/h3-6,12-13H,7-11H2,1-2H3/t13-/m1/s1. The van der Waals surface area contributed by atoms with E-state index in [1.165, 1.54) is 0 Å². The number of hydrogen-bond acceptors (Lipinski definition) is 6. The molecular weight excluding hydrogens is 304 g/mol. The first-order valence-electron chi connectivity index (χ1n) is 8.38. The van der Waals surface area contributed by atoms with Gasteiger partial charge in [-0.3, -0.25) is 9.80 Å². The van der Waals surface area contributed by atoms with Gasteiger partial charge in [0.2, 0.25) is 5.89 Å². The van der Waals surface area contributed by atoms with Crippen LogP contribution in [-0.4, -0.2) is 55.5 Å². The summed E-state index contributed by atoms with van der Waals surface area (Å²) in [5, 5.41) is 3.89. The second-order valence-electron chi connectivity index (χ2n) is 6.37. The summed E-state index contributed by atoms with van der Waals surface area (Å²) in [7, 11) is 0. The van der Waals surface area contributed by atoms with Gasteiger partial charge in [0.05, 0.1) is 11.7 Å². The van der Waals surface area contributed by atoms with Crippen LogP contribution >= 0.6 is 0 Å². The monoisotopic (exact) mass is 326 g/mol. The van der Waals surface area contributed by atoms with Crippen LogP contribution in [0, 0.1) is 6.92 Å². The Bertz CT molecular complexity index is 784. The molecule has 4 rings (SSSR count). The Morgan fingerprint density at radius 3 is 2.71 bits per heavy atom. The molecule has 4 heterocycles. The summed E-state index contributed by atoms with van der Waals surface area (Å²) >= 11 is 0. The van der Waals surface area contributed by atoms with Crippen LogP contribution in [0.1, 0.15) is 30.4 Å². The third-order valence-electron chi connectivity index (χ3n) is 4.65. The highest BCUT2D eigenvalue weighted by molar-refractivity contribution is 5.39. The van der Waals surface area contributed by atoms with Crippen molar-refractivity contribution in [3.63, 3.8) is 0 Å². The van der Waals surface area contributed by atoms with Crippen LogP contribution in [0.5, 0.6) is 0 Å². The molecule has 0 bridgehead atoms. The SMILES string of the molecule is Cc1noc([C@@H](C)N2CCN(Cc3cn4ccccc4n3)CC2)n1. The van der Waals surface area contributed by atoms with Crippen molar-refractivity contribution >= 4 is 5.65 Å². The van der Waals surface area contributed by atoms with E-state index in [4.69, 9.17) is 4.52 Å². The van der Waals surface area contributed by atoms with Crippen LogP contribution in [0.15, 0.2) is 35.1 Å². The molecule has 0 spiro atoms. The van der Waals surface area contributed by atoms with Gasteiger partial charge >= 0.3 is 0 Å². The first-order valence-corrected chi connectivity index (χ1v) is 8.38. The zero-order valence-electron chi connectivity index (χ0n) is 14.1. The molecule has 1 aliphatic rings. The Labute approximate surface area is 140 Å². The number of rotatable bonds is 4. The fourth-order valence-corrected chi connectivity index (χ4v) is 3.24. The highest BCUT2D eigenvalue weighted by atomic mass is 16.5. The Kier molecular flexibility index (Phi) is 4.03. The molecule has 0 radical (unpaired) electrons. The predicted octanol–water partition coefficient (Wildman–Crippen LogP) is 1.90. The molecule has 1 aliphatic heterocycles. The normalized spacial score (nSPS) is 18.2. The van der Waals surface area contributed by atoms with Crippen molar-refractivity contribution < 1.29 is 4.52 Å². The Morgan fingerprint density at radius 2 is 2.00 bits per heavy atom. The third kappa shape index (κ3) is 3.05. The van der Waals surface area contributed by atoms with E-state index in [2.05, 4.69) is 42.4 Å². The maximum Gasteiger partial charge on any atom is 0.243 e. The minimum absolute atomic E-state index is 0.170. The lowest BCUT2D eigenvalue weighted by molar-refractivity contribution is 0.0839. The van der Waals surface area contributed by atoms with Gasteiger partial charge in [-0.1, -0.05) is 11.2 Å². The average Bonchev–Trinajstić information content (AvgIpc) is 3.20. The molecular formula is C17H22N6O. The maximum absolute atomic E-state index is 5.31. The van der Waals surface area contributed by atoms with Crippen LogP contribution in [0.3, 0.4) is 0 Å². The van der Waals surface area contributed by atoms with Gasteiger partial charge in [0, 0.05) is 45.1 Å². The third-order valence-corrected chi connectivity index (χ3v) is 4.65. The lowest BCUT2D eigenvalue weighted by Gasteiger charge is -2.36. The van der Waals surface area contributed by atoms with Crippen molar-refractivity contribution in [2.24, 2.45) is 0 Å². The van der Waals surface area contributed by atoms with Crippen molar-refractivity contribution in [3.05, 3.63) is 48.0 Å². The lowest BCUT2D eigenvalue weighted by Crippen LogP contribution is -2.46. The molecule has 0 aromatic carbocycles. The van der Waals surface area contributed by atoms with Crippen LogP contribution in [0.25, 0.3) is 5.65 Å². The number of fused-ring (bicyclic) bond motifs is 1. The molecule has 126 valence electrons. The summed E-state index contributed by atoms with van der Waals surface area (Å²) in [6.07, 6.45) is 4.16. The van der Waals surface area contributed by atoms with E-state index in [0.29, 0.717) is 11.7 Å².